The molecule has 108 valence electrons. The number of nitrogens with one attached hydrogen (secondary N) is 1. The Kier molecular flexibility index (Phi) is 2.98. The van der Waals surface area contributed by atoms with Crippen molar-refractivity contribution in [2.45, 2.75) is 58.8 Å². The first kappa shape index (κ1) is 13.7. The second-order valence-corrected chi connectivity index (χ2v) is 6.81. The number of benzene rings is 1. The molecule has 2 unspecified atom stereocenters. The van der Waals surface area contributed by atoms with Crippen LogP contribution in [-0.2, 0) is 0 Å². The maximum Gasteiger partial charge on any atom is 0.184 e. The third-order valence-corrected chi connectivity index (χ3v) is 4.77. The molecule has 1 N–H and O–H groups in total. The molecule has 0 radical (unpaired) electrons. The van der Waals surface area contributed by atoms with Crippen molar-refractivity contribution in [3.05, 3.63) is 28.8 Å². The van der Waals surface area contributed by atoms with Crippen molar-refractivity contribution in [2.75, 3.05) is 0 Å². The average molecular weight is 290 g/mol. The number of hydrogen-bond donors (Lipinski definition) is 1. The fraction of sp³-hybridized carbons (Fsp3) is 0.562. The van der Waals surface area contributed by atoms with Gasteiger partial charge in [-0.25, -0.2) is 0 Å². The van der Waals surface area contributed by atoms with Gasteiger partial charge in [0.15, 0.2) is 10.8 Å². The van der Waals surface area contributed by atoms with Gasteiger partial charge in [-0.15, -0.1) is 0 Å². The Morgan fingerprint density at radius 3 is 2.65 bits per heavy atom. The van der Waals surface area contributed by atoms with Gasteiger partial charge in [0.1, 0.15) is 5.75 Å². The molecule has 2 bridgehead atoms. The van der Waals surface area contributed by atoms with Crippen LogP contribution in [-0.4, -0.2) is 21.8 Å². The van der Waals surface area contributed by atoms with Crippen molar-refractivity contribution in [1.29, 1.82) is 0 Å². The smallest absolute Gasteiger partial charge is 0.184 e. The van der Waals surface area contributed by atoms with Gasteiger partial charge in [0.25, 0.3) is 0 Å². The minimum atomic E-state index is -0.351. The Labute approximate surface area is 126 Å². The zero-order valence-electron chi connectivity index (χ0n) is 12.8. The number of nitrogens with zero attached hydrogens (tertiary/aromatic N) is 1. The second kappa shape index (κ2) is 4.35. The van der Waals surface area contributed by atoms with Crippen molar-refractivity contribution in [2.24, 2.45) is 0 Å². The monoisotopic (exact) mass is 290 g/mol. The summed E-state index contributed by atoms with van der Waals surface area (Å²) in [6.07, 6.45) is 0.917. The predicted molar refractivity (Wildman–Crippen MR) is 85.0 cm³/mol. The molecular formula is C16H22N2OS. The first-order valence-electron chi connectivity index (χ1n) is 7.22. The lowest BCUT2D eigenvalue weighted by Crippen LogP contribution is -2.66. The van der Waals surface area contributed by atoms with E-state index in [4.69, 9.17) is 17.0 Å². The molecule has 0 amide bonds. The Morgan fingerprint density at radius 2 is 2.00 bits per heavy atom. The number of thiocarbonyl (C=S) groups is 1. The fourth-order valence-electron chi connectivity index (χ4n) is 3.43. The largest absolute Gasteiger partial charge is 0.468 e. The van der Waals surface area contributed by atoms with Gasteiger partial charge in [-0.1, -0.05) is 6.07 Å². The first-order chi connectivity index (χ1) is 9.32. The lowest BCUT2D eigenvalue weighted by atomic mass is 9.88. The van der Waals surface area contributed by atoms with Crippen LogP contribution in [0.2, 0.25) is 0 Å². The molecule has 2 aliphatic rings. The van der Waals surface area contributed by atoms with E-state index in [9.17, 15) is 0 Å². The molecule has 1 aromatic rings. The zero-order valence-corrected chi connectivity index (χ0v) is 13.6. The van der Waals surface area contributed by atoms with Gasteiger partial charge >= 0.3 is 0 Å². The van der Waals surface area contributed by atoms with Crippen molar-refractivity contribution in [1.82, 2.24) is 10.2 Å². The number of rotatable bonds is 1. The van der Waals surface area contributed by atoms with E-state index in [2.05, 4.69) is 57.0 Å². The van der Waals surface area contributed by atoms with Crippen LogP contribution in [0.5, 0.6) is 5.75 Å². The fourth-order valence-corrected chi connectivity index (χ4v) is 3.98. The summed E-state index contributed by atoms with van der Waals surface area (Å²) in [6, 6.07) is 4.96. The SMILES string of the molecule is Cc1cc2c(cc1C)C1CC(C)(O2)N(C(C)C)C(=S)N1. The highest BCUT2D eigenvalue weighted by Crippen LogP contribution is 2.45. The van der Waals surface area contributed by atoms with Crippen LogP contribution in [0.25, 0.3) is 0 Å². The van der Waals surface area contributed by atoms with Gasteiger partial charge in [0, 0.05) is 18.0 Å². The van der Waals surface area contributed by atoms with Gasteiger partial charge < -0.3 is 15.0 Å². The summed E-state index contributed by atoms with van der Waals surface area (Å²) in [7, 11) is 0. The van der Waals surface area contributed by atoms with Crippen LogP contribution in [0.3, 0.4) is 0 Å². The van der Waals surface area contributed by atoms with E-state index in [1.807, 2.05) is 0 Å². The third-order valence-electron chi connectivity index (χ3n) is 4.46. The third kappa shape index (κ3) is 1.89. The van der Waals surface area contributed by atoms with Gasteiger partial charge in [-0.05, 0) is 64.0 Å². The molecule has 1 aromatic carbocycles. The van der Waals surface area contributed by atoms with Crippen LogP contribution in [0, 0.1) is 13.8 Å². The van der Waals surface area contributed by atoms with Gasteiger partial charge in [0.2, 0.25) is 0 Å². The highest BCUT2D eigenvalue weighted by molar-refractivity contribution is 7.80. The molecule has 2 atom stereocenters. The van der Waals surface area contributed by atoms with Crippen molar-refractivity contribution < 1.29 is 4.74 Å². The average Bonchev–Trinajstić information content (AvgIpc) is 2.30. The Balaban J connectivity index is 2.10. The Morgan fingerprint density at radius 1 is 1.35 bits per heavy atom. The normalized spacial score (nSPS) is 28.0. The second-order valence-electron chi connectivity index (χ2n) is 6.42. The summed E-state index contributed by atoms with van der Waals surface area (Å²) in [5.41, 5.74) is 3.45. The maximum atomic E-state index is 6.37. The van der Waals surface area contributed by atoms with Gasteiger partial charge in [-0.2, -0.15) is 0 Å². The van der Waals surface area contributed by atoms with Crippen LogP contribution in [0.4, 0.5) is 0 Å². The Hall–Kier alpha value is -1.29. The minimum absolute atomic E-state index is 0.255. The summed E-state index contributed by atoms with van der Waals surface area (Å²) in [5, 5.41) is 4.28. The molecule has 2 aliphatic heterocycles. The minimum Gasteiger partial charge on any atom is -0.468 e. The number of aryl methyl sites for hydroxylation is 2. The lowest BCUT2D eigenvalue weighted by molar-refractivity contribution is -0.0808. The number of hydrogen-bond acceptors (Lipinski definition) is 2. The molecule has 0 aromatic heterocycles. The van der Waals surface area contributed by atoms with Crippen LogP contribution >= 0.6 is 12.2 Å². The van der Waals surface area contributed by atoms with Crippen LogP contribution in [0.15, 0.2) is 12.1 Å². The van der Waals surface area contributed by atoms with Crippen molar-refractivity contribution >= 4 is 17.3 Å². The van der Waals surface area contributed by atoms with Crippen LogP contribution < -0.4 is 10.1 Å². The molecule has 20 heavy (non-hydrogen) atoms. The van der Waals surface area contributed by atoms with Crippen molar-refractivity contribution in [3.63, 3.8) is 0 Å². The molecule has 4 heteroatoms. The quantitative estimate of drug-likeness (QED) is 0.801. The maximum absolute atomic E-state index is 6.37. The number of fused-ring (bicyclic) bond motifs is 4. The van der Waals surface area contributed by atoms with Crippen LogP contribution in [0.1, 0.15) is 49.9 Å². The van der Waals surface area contributed by atoms with E-state index in [1.165, 1.54) is 16.7 Å². The molecule has 3 nitrogen and oxygen atoms in total. The zero-order chi connectivity index (χ0) is 14.7. The molecule has 3 rings (SSSR count). The molecule has 0 saturated carbocycles. The van der Waals surface area contributed by atoms with E-state index in [0.29, 0.717) is 6.04 Å². The van der Waals surface area contributed by atoms with Gasteiger partial charge in [-0.3, -0.25) is 0 Å². The van der Waals surface area contributed by atoms with E-state index < -0.39 is 0 Å². The number of ether oxygens (including phenoxy) is 1. The van der Waals surface area contributed by atoms with E-state index in [0.717, 1.165) is 17.3 Å². The summed E-state index contributed by atoms with van der Waals surface area (Å²) < 4.78 is 6.37. The summed E-state index contributed by atoms with van der Waals surface area (Å²) >= 11 is 5.55. The standard InChI is InChI=1S/C16H22N2OS/c1-9(2)18-15(20)17-13-8-16(18,5)19-14-7-11(4)10(3)6-12(13)14/h6-7,9,13H,8H2,1-5H3,(H,17,20). The first-order valence-corrected chi connectivity index (χ1v) is 7.62. The molecule has 1 fully saturated rings. The molecule has 1 saturated heterocycles. The van der Waals surface area contributed by atoms with E-state index in [1.54, 1.807) is 0 Å². The van der Waals surface area contributed by atoms with Gasteiger partial charge in [0.05, 0.1) is 6.04 Å². The highest BCUT2D eigenvalue weighted by atomic mass is 32.1. The predicted octanol–water partition coefficient (Wildman–Crippen LogP) is 3.44. The molecule has 0 aliphatic carbocycles. The molecule has 0 spiro atoms. The van der Waals surface area contributed by atoms with E-state index in [-0.39, 0.29) is 11.8 Å². The summed E-state index contributed by atoms with van der Waals surface area (Å²) in [5.74, 6) is 0.993. The highest BCUT2D eigenvalue weighted by Gasteiger charge is 2.48. The van der Waals surface area contributed by atoms with Crippen molar-refractivity contribution in [3.8, 4) is 5.75 Å². The summed E-state index contributed by atoms with van der Waals surface area (Å²) in [4.78, 5) is 2.18. The Bertz CT molecular complexity index is 584. The topological polar surface area (TPSA) is 24.5 Å². The molecule has 2 heterocycles. The summed E-state index contributed by atoms with van der Waals surface area (Å²) in [6.45, 7) is 10.7. The molecular weight excluding hydrogens is 268 g/mol. The van der Waals surface area contributed by atoms with E-state index >= 15 is 0 Å². The lowest BCUT2D eigenvalue weighted by Gasteiger charge is -2.54.